The Morgan fingerprint density at radius 3 is 2.55 bits per heavy atom. The number of piperazine rings is 1. The SMILES string of the molecule is CC1=C(Cc2ccc(F)c(C(=O)N3CCN(C4CCc5ccccc54)C(=O)C3)c2)N(OC(=O)C(F)(F)F)NC(=O)C1C. The van der Waals surface area contributed by atoms with Crippen molar-refractivity contribution >= 4 is 23.7 Å². The van der Waals surface area contributed by atoms with Gasteiger partial charge in [0.25, 0.3) is 5.91 Å². The first kappa shape index (κ1) is 29.1. The van der Waals surface area contributed by atoms with Crippen molar-refractivity contribution in [3.8, 4) is 0 Å². The Hall–Kier alpha value is -4.42. The Labute approximate surface area is 238 Å². The molecule has 222 valence electrons. The van der Waals surface area contributed by atoms with Crippen LogP contribution in [0.25, 0.3) is 0 Å². The minimum absolute atomic E-state index is 0.0188. The van der Waals surface area contributed by atoms with Gasteiger partial charge in [0.1, 0.15) is 12.4 Å². The van der Waals surface area contributed by atoms with Crippen LogP contribution in [0.5, 0.6) is 0 Å². The molecule has 3 aliphatic rings. The minimum Gasteiger partial charge on any atom is -0.332 e. The summed E-state index contributed by atoms with van der Waals surface area (Å²) in [6.45, 7) is 3.27. The normalized spacial score (nSPS) is 21.0. The number of hydroxylamine groups is 1. The molecule has 0 spiro atoms. The van der Waals surface area contributed by atoms with Crippen LogP contribution in [0.1, 0.15) is 53.4 Å². The van der Waals surface area contributed by atoms with Crippen LogP contribution in [0.15, 0.2) is 53.7 Å². The average molecular weight is 589 g/mol. The van der Waals surface area contributed by atoms with Gasteiger partial charge in [-0.3, -0.25) is 14.4 Å². The lowest BCUT2D eigenvalue weighted by atomic mass is 9.94. The van der Waals surface area contributed by atoms with Crippen molar-refractivity contribution in [2.75, 3.05) is 19.6 Å². The van der Waals surface area contributed by atoms with E-state index in [1.807, 2.05) is 24.3 Å². The molecule has 9 nitrogen and oxygen atoms in total. The highest BCUT2D eigenvalue weighted by molar-refractivity contribution is 5.97. The molecule has 5 rings (SSSR count). The third kappa shape index (κ3) is 5.55. The second-order valence-corrected chi connectivity index (χ2v) is 10.6. The van der Waals surface area contributed by atoms with E-state index < -0.39 is 35.7 Å². The van der Waals surface area contributed by atoms with Crippen molar-refractivity contribution in [2.24, 2.45) is 5.92 Å². The molecule has 2 aromatic carbocycles. The topological polar surface area (TPSA) is 99.3 Å². The number of benzene rings is 2. The maximum Gasteiger partial charge on any atom is 0.493 e. The highest BCUT2D eigenvalue weighted by atomic mass is 19.4. The summed E-state index contributed by atoms with van der Waals surface area (Å²) in [5.74, 6) is -5.77. The molecule has 13 heteroatoms. The molecule has 0 saturated carbocycles. The molecule has 2 atom stereocenters. The number of rotatable bonds is 5. The first-order chi connectivity index (χ1) is 19.8. The smallest absolute Gasteiger partial charge is 0.332 e. The second kappa shape index (κ2) is 11.1. The van der Waals surface area contributed by atoms with Gasteiger partial charge in [-0.25, -0.2) is 14.6 Å². The second-order valence-electron chi connectivity index (χ2n) is 10.6. The third-order valence-corrected chi connectivity index (χ3v) is 8.02. The van der Waals surface area contributed by atoms with Crippen molar-refractivity contribution in [3.05, 3.63) is 81.8 Å². The largest absolute Gasteiger partial charge is 0.493 e. The Balaban J connectivity index is 1.33. The summed E-state index contributed by atoms with van der Waals surface area (Å²) in [5.41, 5.74) is 4.72. The van der Waals surface area contributed by atoms with Crippen LogP contribution >= 0.6 is 0 Å². The molecule has 42 heavy (non-hydrogen) atoms. The van der Waals surface area contributed by atoms with Gasteiger partial charge >= 0.3 is 12.1 Å². The predicted molar refractivity (Wildman–Crippen MR) is 139 cm³/mol. The van der Waals surface area contributed by atoms with Crippen LogP contribution in [-0.2, 0) is 32.1 Å². The first-order valence-corrected chi connectivity index (χ1v) is 13.4. The summed E-state index contributed by atoms with van der Waals surface area (Å²) in [4.78, 5) is 57.6. The standard InChI is InChI=1S/C29H28F4N4O5/c1-16-17(2)26(39)34-37(42-28(41)29(31,32)33)24(16)14-18-7-9-22(30)21(13-18)27(40)35-11-12-36(25(38)15-35)23-10-8-19-5-3-4-6-20(19)23/h3-7,9,13,17,23H,8,10-12,14-15H2,1-2H3,(H,34,39). The van der Waals surface area contributed by atoms with Gasteiger partial charge < -0.3 is 14.6 Å². The number of carbonyl (C=O) groups excluding carboxylic acids is 4. The van der Waals surface area contributed by atoms with Crippen LogP contribution < -0.4 is 5.43 Å². The maximum atomic E-state index is 14.9. The maximum absolute atomic E-state index is 14.9. The molecular formula is C29H28F4N4O5. The van der Waals surface area contributed by atoms with Crippen LogP contribution in [0.2, 0.25) is 0 Å². The molecule has 0 radical (unpaired) electrons. The molecule has 2 heterocycles. The average Bonchev–Trinajstić information content (AvgIpc) is 3.38. The molecular weight excluding hydrogens is 560 g/mol. The third-order valence-electron chi connectivity index (χ3n) is 8.02. The molecule has 2 aliphatic heterocycles. The zero-order valence-electron chi connectivity index (χ0n) is 22.8. The number of alkyl halides is 3. The summed E-state index contributed by atoms with van der Waals surface area (Å²) in [6, 6.07) is 11.5. The summed E-state index contributed by atoms with van der Waals surface area (Å²) in [7, 11) is 0. The van der Waals surface area contributed by atoms with E-state index in [9.17, 15) is 36.7 Å². The van der Waals surface area contributed by atoms with E-state index in [4.69, 9.17) is 0 Å². The molecule has 2 aromatic rings. The summed E-state index contributed by atoms with van der Waals surface area (Å²) in [5, 5.41) is 0.359. The van der Waals surface area contributed by atoms with E-state index in [2.05, 4.69) is 10.3 Å². The number of amides is 3. The van der Waals surface area contributed by atoms with Crippen LogP contribution in [-0.4, -0.2) is 64.5 Å². The Morgan fingerprint density at radius 1 is 1.10 bits per heavy atom. The van der Waals surface area contributed by atoms with Crippen molar-refractivity contribution in [1.29, 1.82) is 0 Å². The van der Waals surface area contributed by atoms with E-state index in [1.165, 1.54) is 36.4 Å². The highest BCUT2D eigenvalue weighted by Crippen LogP contribution is 2.36. The Kier molecular flexibility index (Phi) is 7.69. The quantitative estimate of drug-likeness (QED) is 0.536. The monoisotopic (exact) mass is 588 g/mol. The van der Waals surface area contributed by atoms with E-state index >= 15 is 0 Å². The number of aryl methyl sites for hydroxylation is 1. The predicted octanol–water partition coefficient (Wildman–Crippen LogP) is 3.62. The summed E-state index contributed by atoms with van der Waals surface area (Å²) in [6.07, 6.45) is -3.86. The molecule has 3 amide bonds. The lowest BCUT2D eigenvalue weighted by Crippen LogP contribution is -2.53. The first-order valence-electron chi connectivity index (χ1n) is 13.4. The molecule has 1 aliphatic carbocycles. The molecule has 2 unspecified atom stereocenters. The van der Waals surface area contributed by atoms with E-state index in [0.717, 1.165) is 24.5 Å². The number of carbonyl (C=O) groups is 4. The number of nitrogens with one attached hydrogen (secondary N) is 1. The number of hydrazine groups is 1. The fourth-order valence-electron chi connectivity index (χ4n) is 5.55. The van der Waals surface area contributed by atoms with Crippen LogP contribution in [0, 0.1) is 11.7 Å². The van der Waals surface area contributed by atoms with Gasteiger partial charge in [0.2, 0.25) is 11.8 Å². The van der Waals surface area contributed by atoms with E-state index in [-0.39, 0.29) is 49.3 Å². The van der Waals surface area contributed by atoms with Crippen molar-refractivity contribution in [3.63, 3.8) is 0 Å². The minimum atomic E-state index is -5.31. The van der Waals surface area contributed by atoms with Gasteiger partial charge in [-0.2, -0.15) is 13.2 Å². The molecule has 1 N–H and O–H groups in total. The molecule has 0 aromatic heterocycles. The van der Waals surface area contributed by atoms with Gasteiger partial charge in [-0.1, -0.05) is 30.3 Å². The Bertz CT molecular complexity index is 1490. The van der Waals surface area contributed by atoms with Gasteiger partial charge in [-0.15, -0.1) is 5.17 Å². The van der Waals surface area contributed by atoms with Crippen LogP contribution in [0.4, 0.5) is 17.6 Å². The van der Waals surface area contributed by atoms with Gasteiger partial charge in [0, 0.05) is 19.5 Å². The van der Waals surface area contributed by atoms with E-state index in [1.54, 1.807) is 4.90 Å². The molecule has 1 saturated heterocycles. The number of allylic oxidation sites excluding steroid dienone is 1. The number of nitrogens with zero attached hydrogens (tertiary/aromatic N) is 3. The number of hydrogen-bond acceptors (Lipinski definition) is 6. The number of halogens is 4. The lowest BCUT2D eigenvalue weighted by Gasteiger charge is -2.38. The lowest BCUT2D eigenvalue weighted by molar-refractivity contribution is -0.242. The summed E-state index contributed by atoms with van der Waals surface area (Å²) >= 11 is 0. The van der Waals surface area contributed by atoms with Crippen molar-refractivity contribution in [1.82, 2.24) is 20.4 Å². The molecule has 0 bridgehead atoms. The van der Waals surface area contributed by atoms with Gasteiger partial charge in [-0.05, 0) is 61.1 Å². The fourth-order valence-corrected chi connectivity index (χ4v) is 5.55. The van der Waals surface area contributed by atoms with Crippen LogP contribution in [0.3, 0.4) is 0 Å². The van der Waals surface area contributed by atoms with Gasteiger partial charge in [0.15, 0.2) is 0 Å². The fraction of sp³-hybridized carbons (Fsp3) is 0.379. The van der Waals surface area contributed by atoms with Crippen molar-refractivity contribution < 1.29 is 41.6 Å². The number of hydrogen-bond donors (Lipinski definition) is 1. The van der Waals surface area contributed by atoms with Crippen molar-refractivity contribution in [2.45, 2.75) is 45.3 Å². The summed E-state index contributed by atoms with van der Waals surface area (Å²) < 4.78 is 53.5. The molecule has 1 fully saturated rings. The zero-order chi connectivity index (χ0) is 30.3. The highest BCUT2D eigenvalue weighted by Gasteiger charge is 2.44. The van der Waals surface area contributed by atoms with Gasteiger partial charge in [0.05, 0.1) is 23.2 Å². The zero-order valence-corrected chi connectivity index (χ0v) is 22.8. The Morgan fingerprint density at radius 2 is 1.83 bits per heavy atom. The van der Waals surface area contributed by atoms with E-state index in [0.29, 0.717) is 16.3 Å². The number of fused-ring (bicyclic) bond motifs is 1.